The van der Waals surface area contributed by atoms with E-state index in [1.165, 1.54) is 12.0 Å². The summed E-state index contributed by atoms with van der Waals surface area (Å²) in [7, 11) is 0. The van der Waals surface area contributed by atoms with Gasteiger partial charge in [-0.1, -0.05) is 30.3 Å². The van der Waals surface area contributed by atoms with Gasteiger partial charge in [-0.15, -0.1) is 0 Å². The first kappa shape index (κ1) is 17.9. The van der Waals surface area contributed by atoms with Crippen LogP contribution in [-0.4, -0.2) is 53.8 Å². The molecule has 2 heterocycles. The normalized spacial score (nSPS) is 24.3. The van der Waals surface area contributed by atoms with Crippen LogP contribution in [0.25, 0.3) is 0 Å². The fraction of sp³-hybridized carbons (Fsp3) is 0.600. The molecular formula is C20H29N3O2. The van der Waals surface area contributed by atoms with Gasteiger partial charge in [0.15, 0.2) is 0 Å². The van der Waals surface area contributed by atoms with Crippen LogP contribution >= 0.6 is 0 Å². The van der Waals surface area contributed by atoms with Crippen LogP contribution in [0.4, 0.5) is 0 Å². The van der Waals surface area contributed by atoms with Gasteiger partial charge in [-0.05, 0) is 43.7 Å². The fourth-order valence-electron chi connectivity index (χ4n) is 4.08. The Balaban J connectivity index is 1.46. The van der Waals surface area contributed by atoms with E-state index in [0.29, 0.717) is 19.0 Å². The molecule has 0 unspecified atom stereocenters. The molecule has 5 nitrogen and oxygen atoms in total. The standard InChI is InChI=1S/C20H29N3O2/c1-16(24)23-12-6-10-19(23)20(25)21-13-18-9-5-11-22(15-18)14-17-7-3-2-4-8-17/h2-4,7-8,18-19H,5-6,9-15H2,1H3,(H,21,25)/t18-,19-/m1/s1. The van der Waals surface area contributed by atoms with Crippen molar-refractivity contribution in [2.24, 2.45) is 5.92 Å². The summed E-state index contributed by atoms with van der Waals surface area (Å²) < 4.78 is 0. The van der Waals surface area contributed by atoms with Gasteiger partial charge >= 0.3 is 0 Å². The van der Waals surface area contributed by atoms with Gasteiger partial charge in [-0.3, -0.25) is 14.5 Å². The molecule has 2 atom stereocenters. The Morgan fingerprint density at radius 1 is 1.12 bits per heavy atom. The number of rotatable bonds is 5. The number of carbonyl (C=O) groups is 2. The average molecular weight is 343 g/mol. The lowest BCUT2D eigenvalue weighted by Gasteiger charge is -2.33. The Hall–Kier alpha value is -1.88. The molecule has 0 radical (unpaired) electrons. The predicted molar refractivity (Wildman–Crippen MR) is 97.9 cm³/mol. The average Bonchev–Trinajstić information content (AvgIpc) is 3.11. The van der Waals surface area contributed by atoms with E-state index in [4.69, 9.17) is 0 Å². The third-order valence-electron chi connectivity index (χ3n) is 5.38. The molecule has 2 aliphatic rings. The highest BCUT2D eigenvalue weighted by Crippen LogP contribution is 2.20. The van der Waals surface area contributed by atoms with Gasteiger partial charge < -0.3 is 10.2 Å². The third kappa shape index (κ3) is 4.82. The van der Waals surface area contributed by atoms with E-state index in [9.17, 15) is 9.59 Å². The molecule has 2 aliphatic heterocycles. The van der Waals surface area contributed by atoms with E-state index in [1.54, 1.807) is 11.8 Å². The maximum absolute atomic E-state index is 12.5. The van der Waals surface area contributed by atoms with Crippen LogP contribution in [0.15, 0.2) is 30.3 Å². The molecule has 136 valence electrons. The Labute approximate surface area is 150 Å². The highest BCUT2D eigenvalue weighted by molar-refractivity contribution is 5.87. The van der Waals surface area contributed by atoms with Crippen LogP contribution in [0.5, 0.6) is 0 Å². The van der Waals surface area contributed by atoms with Crippen molar-refractivity contribution in [1.82, 2.24) is 15.1 Å². The summed E-state index contributed by atoms with van der Waals surface area (Å²) in [4.78, 5) is 28.3. The number of piperidine rings is 1. The number of benzene rings is 1. The third-order valence-corrected chi connectivity index (χ3v) is 5.38. The number of amides is 2. The topological polar surface area (TPSA) is 52.7 Å². The van der Waals surface area contributed by atoms with E-state index in [0.717, 1.165) is 38.9 Å². The van der Waals surface area contributed by atoms with Crippen molar-refractivity contribution in [3.8, 4) is 0 Å². The second-order valence-corrected chi connectivity index (χ2v) is 7.34. The summed E-state index contributed by atoms with van der Waals surface area (Å²) in [6, 6.07) is 10.3. The van der Waals surface area contributed by atoms with Gasteiger partial charge in [-0.25, -0.2) is 0 Å². The molecule has 3 rings (SSSR count). The Morgan fingerprint density at radius 3 is 2.64 bits per heavy atom. The quantitative estimate of drug-likeness (QED) is 0.890. The van der Waals surface area contributed by atoms with Crippen molar-refractivity contribution < 1.29 is 9.59 Å². The van der Waals surface area contributed by atoms with Crippen molar-refractivity contribution in [1.29, 1.82) is 0 Å². The number of likely N-dealkylation sites (tertiary alicyclic amines) is 2. The molecule has 1 N–H and O–H groups in total. The maximum atomic E-state index is 12.5. The van der Waals surface area contributed by atoms with Crippen LogP contribution in [-0.2, 0) is 16.1 Å². The minimum absolute atomic E-state index is 0.00403. The van der Waals surface area contributed by atoms with E-state index in [-0.39, 0.29) is 17.9 Å². The fourth-order valence-corrected chi connectivity index (χ4v) is 4.08. The minimum atomic E-state index is -0.262. The summed E-state index contributed by atoms with van der Waals surface area (Å²) in [6.45, 7) is 6.10. The lowest BCUT2D eigenvalue weighted by molar-refractivity contribution is -0.137. The summed E-state index contributed by atoms with van der Waals surface area (Å²) >= 11 is 0. The van der Waals surface area contributed by atoms with Crippen LogP contribution in [0.3, 0.4) is 0 Å². The second-order valence-electron chi connectivity index (χ2n) is 7.34. The first-order valence-corrected chi connectivity index (χ1v) is 9.44. The van der Waals surface area contributed by atoms with Crippen molar-refractivity contribution in [3.05, 3.63) is 35.9 Å². The Kier molecular flexibility index (Phi) is 6.08. The van der Waals surface area contributed by atoms with Gasteiger partial charge in [0.1, 0.15) is 6.04 Å². The molecule has 0 bridgehead atoms. The minimum Gasteiger partial charge on any atom is -0.354 e. The van der Waals surface area contributed by atoms with E-state index in [2.05, 4.69) is 34.5 Å². The molecular weight excluding hydrogens is 314 g/mol. The Bertz CT molecular complexity index is 590. The molecule has 2 fully saturated rings. The molecule has 25 heavy (non-hydrogen) atoms. The first-order chi connectivity index (χ1) is 12.1. The van der Waals surface area contributed by atoms with Crippen molar-refractivity contribution in [2.75, 3.05) is 26.2 Å². The Morgan fingerprint density at radius 2 is 1.88 bits per heavy atom. The van der Waals surface area contributed by atoms with E-state index < -0.39 is 0 Å². The predicted octanol–water partition coefficient (Wildman–Crippen LogP) is 2.03. The monoisotopic (exact) mass is 343 g/mol. The zero-order valence-corrected chi connectivity index (χ0v) is 15.1. The van der Waals surface area contributed by atoms with Crippen LogP contribution in [0.1, 0.15) is 38.2 Å². The molecule has 1 aromatic carbocycles. The number of hydrogen-bond donors (Lipinski definition) is 1. The summed E-state index contributed by atoms with van der Waals surface area (Å²) in [6.07, 6.45) is 4.05. The highest BCUT2D eigenvalue weighted by Gasteiger charge is 2.32. The zero-order chi connectivity index (χ0) is 17.6. The summed E-state index contributed by atoms with van der Waals surface area (Å²) in [5, 5.41) is 3.10. The molecule has 0 saturated carbocycles. The maximum Gasteiger partial charge on any atom is 0.242 e. The smallest absolute Gasteiger partial charge is 0.242 e. The first-order valence-electron chi connectivity index (χ1n) is 9.44. The molecule has 0 aromatic heterocycles. The number of hydrogen-bond acceptors (Lipinski definition) is 3. The summed E-state index contributed by atoms with van der Waals surface area (Å²) in [5.41, 5.74) is 1.34. The van der Waals surface area contributed by atoms with E-state index in [1.807, 2.05) is 6.07 Å². The van der Waals surface area contributed by atoms with Crippen molar-refractivity contribution in [2.45, 2.75) is 45.2 Å². The lowest BCUT2D eigenvalue weighted by Crippen LogP contribution is -2.47. The highest BCUT2D eigenvalue weighted by atomic mass is 16.2. The van der Waals surface area contributed by atoms with Crippen molar-refractivity contribution in [3.63, 3.8) is 0 Å². The van der Waals surface area contributed by atoms with Crippen LogP contribution in [0, 0.1) is 5.92 Å². The number of carbonyl (C=O) groups excluding carboxylic acids is 2. The second kappa shape index (κ2) is 8.48. The van der Waals surface area contributed by atoms with Gasteiger partial charge in [0.25, 0.3) is 0 Å². The SMILES string of the molecule is CC(=O)N1CCC[C@@H]1C(=O)NC[C@H]1CCCN(Cc2ccccc2)C1. The molecule has 2 amide bonds. The largest absolute Gasteiger partial charge is 0.354 e. The van der Waals surface area contributed by atoms with Crippen LogP contribution in [0.2, 0.25) is 0 Å². The van der Waals surface area contributed by atoms with Crippen LogP contribution < -0.4 is 5.32 Å². The molecule has 0 spiro atoms. The van der Waals surface area contributed by atoms with Crippen molar-refractivity contribution >= 4 is 11.8 Å². The van der Waals surface area contributed by atoms with Gasteiger partial charge in [0.05, 0.1) is 0 Å². The molecule has 1 aromatic rings. The van der Waals surface area contributed by atoms with Gasteiger partial charge in [0.2, 0.25) is 11.8 Å². The molecule has 0 aliphatic carbocycles. The zero-order valence-electron chi connectivity index (χ0n) is 15.1. The molecule has 2 saturated heterocycles. The molecule has 5 heteroatoms. The van der Waals surface area contributed by atoms with E-state index >= 15 is 0 Å². The van der Waals surface area contributed by atoms with Gasteiger partial charge in [-0.2, -0.15) is 0 Å². The lowest BCUT2D eigenvalue weighted by atomic mass is 9.97. The summed E-state index contributed by atoms with van der Waals surface area (Å²) in [5.74, 6) is 0.519. The van der Waals surface area contributed by atoms with Gasteiger partial charge in [0, 0.05) is 33.1 Å². The number of nitrogens with zero attached hydrogens (tertiary/aromatic N) is 2. The number of nitrogens with one attached hydrogen (secondary N) is 1.